The van der Waals surface area contributed by atoms with Crippen LogP contribution >= 0.6 is 0 Å². The first kappa shape index (κ1) is 12.1. The molecule has 1 aromatic rings. The van der Waals surface area contributed by atoms with E-state index in [4.69, 9.17) is 11.0 Å². The Balaban J connectivity index is 2.79. The Morgan fingerprint density at radius 1 is 1.69 bits per heavy atom. The molecule has 0 saturated carbocycles. The number of nitrogens with one attached hydrogen (secondary N) is 1. The monoisotopic (exact) mass is 220 g/mol. The predicted molar refractivity (Wildman–Crippen MR) is 61.6 cm³/mol. The number of carbonyl (C=O) groups is 1. The molecule has 0 fully saturated rings. The van der Waals surface area contributed by atoms with E-state index < -0.39 is 0 Å². The zero-order valence-electron chi connectivity index (χ0n) is 9.53. The second-order valence-electron chi connectivity index (χ2n) is 3.85. The second kappa shape index (κ2) is 5.21. The Bertz CT molecular complexity index is 402. The van der Waals surface area contributed by atoms with Gasteiger partial charge in [-0.05, 0) is 19.9 Å². The number of H-pyrrole nitrogens is 1. The Kier molecular flexibility index (Phi) is 3.95. The lowest BCUT2D eigenvalue weighted by Gasteiger charge is -2.25. The molecule has 0 unspecified atom stereocenters. The van der Waals surface area contributed by atoms with E-state index in [0.29, 0.717) is 24.3 Å². The minimum absolute atomic E-state index is 0.0605. The second-order valence-corrected chi connectivity index (χ2v) is 3.85. The first-order valence-corrected chi connectivity index (χ1v) is 5.18. The Morgan fingerprint density at radius 2 is 2.38 bits per heavy atom. The van der Waals surface area contributed by atoms with E-state index in [2.05, 4.69) is 4.98 Å². The lowest BCUT2D eigenvalue weighted by atomic mass is 10.2. The molecule has 5 nitrogen and oxygen atoms in total. The first-order chi connectivity index (χ1) is 7.56. The lowest BCUT2D eigenvalue weighted by Crippen LogP contribution is -2.37. The van der Waals surface area contributed by atoms with Gasteiger partial charge in [-0.2, -0.15) is 5.26 Å². The van der Waals surface area contributed by atoms with Crippen molar-refractivity contribution in [1.82, 2.24) is 9.88 Å². The standard InChI is InChI=1S/C11H16N4O/c1-8(2)15(5-3-4-12)11(16)10-6-9(13)7-14-10/h6-8,14H,3,5,13H2,1-2H3. The zero-order valence-corrected chi connectivity index (χ0v) is 9.53. The molecule has 0 radical (unpaired) electrons. The molecule has 0 aliphatic carbocycles. The van der Waals surface area contributed by atoms with Crippen LogP contribution < -0.4 is 5.73 Å². The Labute approximate surface area is 94.8 Å². The molecule has 16 heavy (non-hydrogen) atoms. The summed E-state index contributed by atoms with van der Waals surface area (Å²) in [6.45, 7) is 4.27. The Hall–Kier alpha value is -1.96. The van der Waals surface area contributed by atoms with Crippen molar-refractivity contribution in [1.29, 1.82) is 5.26 Å². The number of anilines is 1. The molecule has 0 saturated heterocycles. The van der Waals surface area contributed by atoms with Gasteiger partial charge >= 0.3 is 0 Å². The number of carbonyl (C=O) groups excluding carboxylic acids is 1. The summed E-state index contributed by atoms with van der Waals surface area (Å²) in [5.74, 6) is -0.123. The number of nitrogens with zero attached hydrogens (tertiary/aromatic N) is 2. The molecule has 1 aromatic heterocycles. The van der Waals surface area contributed by atoms with Crippen molar-refractivity contribution in [2.45, 2.75) is 26.3 Å². The molecule has 0 aliphatic heterocycles. The number of amides is 1. The van der Waals surface area contributed by atoms with Crippen molar-refractivity contribution in [3.05, 3.63) is 18.0 Å². The largest absolute Gasteiger partial charge is 0.397 e. The molecule has 1 rings (SSSR count). The lowest BCUT2D eigenvalue weighted by molar-refractivity contribution is 0.0705. The summed E-state index contributed by atoms with van der Waals surface area (Å²) in [5, 5.41) is 8.54. The number of aromatic amines is 1. The van der Waals surface area contributed by atoms with Crippen LogP contribution in [-0.4, -0.2) is 28.4 Å². The molecule has 0 bridgehead atoms. The summed E-state index contributed by atoms with van der Waals surface area (Å²) >= 11 is 0. The van der Waals surface area contributed by atoms with Crippen LogP contribution in [0, 0.1) is 11.3 Å². The van der Waals surface area contributed by atoms with E-state index >= 15 is 0 Å². The van der Waals surface area contributed by atoms with E-state index in [1.165, 1.54) is 0 Å². The van der Waals surface area contributed by atoms with Crippen molar-refractivity contribution in [3.8, 4) is 6.07 Å². The fraction of sp³-hybridized carbons (Fsp3) is 0.455. The minimum Gasteiger partial charge on any atom is -0.397 e. The van der Waals surface area contributed by atoms with E-state index in [0.717, 1.165) is 0 Å². The van der Waals surface area contributed by atoms with Crippen molar-refractivity contribution in [2.75, 3.05) is 12.3 Å². The molecule has 1 amide bonds. The van der Waals surface area contributed by atoms with Crippen molar-refractivity contribution in [3.63, 3.8) is 0 Å². The van der Waals surface area contributed by atoms with Gasteiger partial charge in [0.2, 0.25) is 0 Å². The predicted octanol–water partition coefficient (Wildman–Crippen LogP) is 1.36. The quantitative estimate of drug-likeness (QED) is 0.803. The van der Waals surface area contributed by atoms with Crippen LogP contribution in [0.15, 0.2) is 12.3 Å². The third-order valence-corrected chi connectivity index (χ3v) is 2.28. The Morgan fingerprint density at radius 3 is 2.81 bits per heavy atom. The molecule has 86 valence electrons. The maximum Gasteiger partial charge on any atom is 0.270 e. The molecule has 0 spiro atoms. The highest BCUT2D eigenvalue weighted by Crippen LogP contribution is 2.10. The number of hydrogen-bond donors (Lipinski definition) is 2. The van der Waals surface area contributed by atoms with Gasteiger partial charge in [-0.1, -0.05) is 0 Å². The molecule has 0 atom stereocenters. The van der Waals surface area contributed by atoms with Crippen molar-refractivity contribution in [2.24, 2.45) is 0 Å². The van der Waals surface area contributed by atoms with E-state index in [-0.39, 0.29) is 11.9 Å². The van der Waals surface area contributed by atoms with Gasteiger partial charge in [-0.25, -0.2) is 0 Å². The fourth-order valence-electron chi connectivity index (χ4n) is 1.45. The van der Waals surface area contributed by atoms with Crippen LogP contribution in [0.2, 0.25) is 0 Å². The first-order valence-electron chi connectivity index (χ1n) is 5.18. The van der Waals surface area contributed by atoms with Crippen molar-refractivity contribution < 1.29 is 4.79 Å². The van der Waals surface area contributed by atoms with Crippen LogP contribution in [0.3, 0.4) is 0 Å². The molecule has 0 aromatic carbocycles. The van der Waals surface area contributed by atoms with E-state index in [9.17, 15) is 4.79 Å². The van der Waals surface area contributed by atoms with Gasteiger partial charge in [0.25, 0.3) is 5.91 Å². The van der Waals surface area contributed by atoms with Crippen LogP contribution in [0.5, 0.6) is 0 Å². The zero-order chi connectivity index (χ0) is 12.1. The summed E-state index contributed by atoms with van der Waals surface area (Å²) in [4.78, 5) is 16.5. The van der Waals surface area contributed by atoms with Gasteiger partial charge in [0.15, 0.2) is 0 Å². The topological polar surface area (TPSA) is 85.9 Å². The highest BCUT2D eigenvalue weighted by molar-refractivity contribution is 5.93. The van der Waals surface area contributed by atoms with Gasteiger partial charge in [0.05, 0.1) is 12.5 Å². The maximum atomic E-state index is 12.0. The number of hydrogen-bond acceptors (Lipinski definition) is 3. The summed E-state index contributed by atoms with van der Waals surface area (Å²) in [6.07, 6.45) is 1.91. The average molecular weight is 220 g/mol. The van der Waals surface area contributed by atoms with Crippen LogP contribution in [0.25, 0.3) is 0 Å². The summed E-state index contributed by atoms with van der Waals surface area (Å²) in [6, 6.07) is 3.70. The van der Waals surface area contributed by atoms with Crippen molar-refractivity contribution >= 4 is 11.6 Å². The van der Waals surface area contributed by atoms with Gasteiger partial charge in [-0.15, -0.1) is 0 Å². The number of nitriles is 1. The van der Waals surface area contributed by atoms with E-state index in [1.54, 1.807) is 17.2 Å². The van der Waals surface area contributed by atoms with Gasteiger partial charge in [-0.3, -0.25) is 4.79 Å². The number of aromatic nitrogens is 1. The minimum atomic E-state index is -0.123. The summed E-state index contributed by atoms with van der Waals surface area (Å²) < 4.78 is 0. The van der Waals surface area contributed by atoms with Gasteiger partial charge < -0.3 is 15.6 Å². The van der Waals surface area contributed by atoms with E-state index in [1.807, 2.05) is 19.9 Å². The van der Waals surface area contributed by atoms with Crippen LogP contribution in [0.4, 0.5) is 5.69 Å². The molecule has 1 heterocycles. The molecule has 0 aliphatic rings. The third kappa shape index (κ3) is 2.76. The SMILES string of the molecule is CC(C)N(CCC#N)C(=O)c1cc(N)c[nH]1. The summed E-state index contributed by atoms with van der Waals surface area (Å²) in [7, 11) is 0. The van der Waals surface area contributed by atoms with Gasteiger partial charge in [0.1, 0.15) is 5.69 Å². The molecular weight excluding hydrogens is 204 g/mol. The van der Waals surface area contributed by atoms with Crippen LogP contribution in [0.1, 0.15) is 30.8 Å². The normalized spacial score (nSPS) is 10.1. The fourth-order valence-corrected chi connectivity index (χ4v) is 1.45. The third-order valence-electron chi connectivity index (χ3n) is 2.28. The maximum absolute atomic E-state index is 12.0. The number of nitrogens with two attached hydrogens (primary N) is 1. The highest BCUT2D eigenvalue weighted by atomic mass is 16.2. The molecule has 3 N–H and O–H groups in total. The van der Waals surface area contributed by atoms with Gasteiger partial charge in [0, 0.05) is 24.5 Å². The van der Waals surface area contributed by atoms with Crippen LogP contribution in [-0.2, 0) is 0 Å². The molecule has 5 heteroatoms. The number of rotatable bonds is 4. The average Bonchev–Trinajstić information content (AvgIpc) is 2.64. The highest BCUT2D eigenvalue weighted by Gasteiger charge is 2.19. The number of nitrogen functional groups attached to an aromatic ring is 1. The smallest absolute Gasteiger partial charge is 0.270 e. The summed E-state index contributed by atoms with van der Waals surface area (Å²) in [5.41, 5.74) is 6.54. The molecular formula is C11H16N4O.